The molecule has 0 N–H and O–H groups in total. The normalized spacial score (nSPS) is 13.2. The quantitative estimate of drug-likeness (QED) is 0.779. The fourth-order valence-corrected chi connectivity index (χ4v) is 2.42. The number of fused-ring (bicyclic) bond motifs is 1. The fourth-order valence-electron chi connectivity index (χ4n) is 2.42. The zero-order chi connectivity index (χ0) is 13.1. The van der Waals surface area contributed by atoms with Crippen molar-refractivity contribution >= 4 is 10.8 Å². The smallest absolute Gasteiger partial charge is 0.0522 e. The zero-order valence-electron chi connectivity index (χ0n) is 11.8. The lowest BCUT2D eigenvalue weighted by atomic mass is 9.98. The predicted molar refractivity (Wildman–Crippen MR) is 77.0 cm³/mol. The van der Waals surface area contributed by atoms with Crippen LogP contribution in [0.25, 0.3) is 10.8 Å². The van der Waals surface area contributed by atoms with E-state index in [1.54, 1.807) is 0 Å². The number of rotatable bonds is 4. The third-order valence-corrected chi connectivity index (χ3v) is 3.47. The molecule has 1 atom stereocenters. The highest BCUT2D eigenvalue weighted by atomic mass is 14.7. The van der Waals surface area contributed by atoms with Gasteiger partial charge in [0.1, 0.15) is 0 Å². The molecule has 0 fully saturated rings. The highest BCUT2D eigenvalue weighted by Crippen LogP contribution is 2.26. The Hall–Kier alpha value is -1.44. The third kappa shape index (κ3) is 2.53. The van der Waals surface area contributed by atoms with Crippen LogP contribution in [0.15, 0.2) is 24.5 Å². The minimum Gasteiger partial charge on any atom is -0.260 e. The second-order valence-corrected chi connectivity index (χ2v) is 5.37. The van der Waals surface area contributed by atoms with Crippen molar-refractivity contribution in [2.45, 2.75) is 52.4 Å². The van der Waals surface area contributed by atoms with Gasteiger partial charge in [0.15, 0.2) is 0 Å². The Morgan fingerprint density at radius 3 is 2.61 bits per heavy atom. The van der Waals surface area contributed by atoms with Crippen molar-refractivity contribution in [3.63, 3.8) is 0 Å². The third-order valence-electron chi connectivity index (χ3n) is 3.47. The summed E-state index contributed by atoms with van der Waals surface area (Å²) in [7, 11) is 0. The van der Waals surface area contributed by atoms with Crippen molar-refractivity contribution < 1.29 is 0 Å². The standard InChI is InChI=1S/C16H22N2/c1-5-6-12(4)15-9-13-7-8-17-16(11(2)3)14(13)10-18-15/h7-12H,5-6H2,1-4H3. The van der Waals surface area contributed by atoms with Gasteiger partial charge in [-0.25, -0.2) is 0 Å². The summed E-state index contributed by atoms with van der Waals surface area (Å²) in [6.45, 7) is 8.82. The van der Waals surface area contributed by atoms with E-state index in [-0.39, 0.29) is 0 Å². The van der Waals surface area contributed by atoms with E-state index in [4.69, 9.17) is 0 Å². The van der Waals surface area contributed by atoms with E-state index in [0.717, 1.165) is 5.69 Å². The van der Waals surface area contributed by atoms with Gasteiger partial charge in [-0.2, -0.15) is 0 Å². The number of nitrogens with zero attached hydrogens (tertiary/aromatic N) is 2. The van der Waals surface area contributed by atoms with Crippen LogP contribution in [0.3, 0.4) is 0 Å². The minimum absolute atomic E-state index is 0.439. The summed E-state index contributed by atoms with van der Waals surface area (Å²) in [6.07, 6.45) is 6.31. The van der Waals surface area contributed by atoms with Gasteiger partial charge in [0, 0.05) is 23.5 Å². The van der Waals surface area contributed by atoms with E-state index < -0.39 is 0 Å². The molecule has 0 radical (unpaired) electrons. The molecule has 0 saturated heterocycles. The molecule has 2 nitrogen and oxygen atoms in total. The number of aromatic nitrogens is 2. The summed E-state index contributed by atoms with van der Waals surface area (Å²) in [5.41, 5.74) is 2.35. The Morgan fingerprint density at radius 1 is 1.17 bits per heavy atom. The summed E-state index contributed by atoms with van der Waals surface area (Å²) >= 11 is 0. The van der Waals surface area contributed by atoms with E-state index in [0.29, 0.717) is 11.8 Å². The van der Waals surface area contributed by atoms with Crippen molar-refractivity contribution in [1.29, 1.82) is 0 Å². The molecular weight excluding hydrogens is 220 g/mol. The molecule has 0 spiro atoms. The van der Waals surface area contributed by atoms with E-state index in [1.165, 1.54) is 29.3 Å². The lowest BCUT2D eigenvalue weighted by Gasteiger charge is -2.12. The SMILES string of the molecule is CCCC(C)c1cc2ccnc(C(C)C)c2cn1. The lowest BCUT2D eigenvalue weighted by Crippen LogP contribution is -1.99. The molecule has 0 bridgehead atoms. The second kappa shape index (κ2) is 5.47. The maximum absolute atomic E-state index is 4.63. The summed E-state index contributed by atoms with van der Waals surface area (Å²) in [5.74, 6) is 0.976. The molecule has 0 aliphatic heterocycles. The van der Waals surface area contributed by atoms with Gasteiger partial charge >= 0.3 is 0 Å². The molecule has 0 saturated carbocycles. The highest BCUT2D eigenvalue weighted by molar-refractivity contribution is 5.84. The van der Waals surface area contributed by atoms with Crippen LogP contribution in [-0.4, -0.2) is 9.97 Å². The van der Waals surface area contributed by atoms with Gasteiger partial charge in [0.2, 0.25) is 0 Å². The van der Waals surface area contributed by atoms with Gasteiger partial charge in [-0.15, -0.1) is 0 Å². The van der Waals surface area contributed by atoms with Crippen LogP contribution in [0.2, 0.25) is 0 Å². The topological polar surface area (TPSA) is 25.8 Å². The molecule has 1 unspecified atom stereocenters. The molecule has 2 aromatic heterocycles. The lowest BCUT2D eigenvalue weighted by molar-refractivity contribution is 0.648. The monoisotopic (exact) mass is 242 g/mol. The molecule has 0 aromatic carbocycles. The summed E-state index contributed by atoms with van der Waals surface area (Å²) in [5, 5.41) is 2.46. The van der Waals surface area contributed by atoms with Crippen LogP contribution in [-0.2, 0) is 0 Å². The average Bonchev–Trinajstić information content (AvgIpc) is 2.37. The molecule has 2 rings (SSSR count). The van der Waals surface area contributed by atoms with Crippen molar-refractivity contribution in [3.8, 4) is 0 Å². The van der Waals surface area contributed by atoms with E-state index >= 15 is 0 Å². The number of hydrogen-bond donors (Lipinski definition) is 0. The van der Waals surface area contributed by atoms with Crippen LogP contribution in [0.5, 0.6) is 0 Å². The summed E-state index contributed by atoms with van der Waals surface area (Å²) < 4.78 is 0. The van der Waals surface area contributed by atoms with Gasteiger partial charge in [0.05, 0.1) is 5.69 Å². The molecule has 96 valence electrons. The Bertz CT molecular complexity index is 532. The van der Waals surface area contributed by atoms with Gasteiger partial charge in [-0.05, 0) is 35.8 Å². The number of hydrogen-bond acceptors (Lipinski definition) is 2. The molecule has 18 heavy (non-hydrogen) atoms. The first kappa shape index (κ1) is 13.0. The second-order valence-electron chi connectivity index (χ2n) is 5.37. The Balaban J connectivity index is 2.47. The average molecular weight is 242 g/mol. The molecular formula is C16H22N2. The van der Waals surface area contributed by atoms with Crippen molar-refractivity contribution in [2.75, 3.05) is 0 Å². The first-order valence-electron chi connectivity index (χ1n) is 6.88. The molecule has 2 heterocycles. The molecule has 0 aliphatic carbocycles. The van der Waals surface area contributed by atoms with Crippen LogP contribution in [0.1, 0.15) is 63.8 Å². The molecule has 0 aliphatic rings. The minimum atomic E-state index is 0.439. The highest BCUT2D eigenvalue weighted by Gasteiger charge is 2.10. The Kier molecular flexibility index (Phi) is 3.95. The maximum atomic E-state index is 4.63. The van der Waals surface area contributed by atoms with Crippen molar-refractivity contribution in [2.24, 2.45) is 0 Å². The summed E-state index contributed by atoms with van der Waals surface area (Å²) in [4.78, 5) is 9.11. The van der Waals surface area contributed by atoms with Crippen LogP contribution < -0.4 is 0 Å². The zero-order valence-corrected chi connectivity index (χ0v) is 11.8. The first-order valence-corrected chi connectivity index (χ1v) is 6.88. The van der Waals surface area contributed by atoms with Gasteiger partial charge < -0.3 is 0 Å². The van der Waals surface area contributed by atoms with Crippen molar-refractivity contribution in [3.05, 3.63) is 35.9 Å². The Morgan fingerprint density at radius 2 is 1.94 bits per heavy atom. The van der Waals surface area contributed by atoms with E-state index in [9.17, 15) is 0 Å². The molecule has 2 aromatic rings. The van der Waals surface area contributed by atoms with E-state index in [1.807, 2.05) is 12.4 Å². The van der Waals surface area contributed by atoms with Crippen molar-refractivity contribution in [1.82, 2.24) is 9.97 Å². The largest absolute Gasteiger partial charge is 0.260 e. The molecule has 0 amide bonds. The number of pyridine rings is 2. The van der Waals surface area contributed by atoms with Crippen LogP contribution in [0.4, 0.5) is 0 Å². The van der Waals surface area contributed by atoms with Gasteiger partial charge in [0.25, 0.3) is 0 Å². The van der Waals surface area contributed by atoms with Gasteiger partial charge in [-0.3, -0.25) is 9.97 Å². The maximum Gasteiger partial charge on any atom is 0.0522 e. The predicted octanol–water partition coefficient (Wildman–Crippen LogP) is 4.66. The van der Waals surface area contributed by atoms with Crippen LogP contribution >= 0.6 is 0 Å². The van der Waals surface area contributed by atoms with E-state index in [2.05, 4.69) is 49.8 Å². The Labute approximate surface area is 109 Å². The first-order chi connectivity index (χ1) is 8.63. The van der Waals surface area contributed by atoms with Gasteiger partial charge in [-0.1, -0.05) is 34.1 Å². The summed E-state index contributed by atoms with van der Waals surface area (Å²) in [6, 6.07) is 4.31. The fraction of sp³-hybridized carbons (Fsp3) is 0.500. The van der Waals surface area contributed by atoms with Crippen LogP contribution in [0, 0.1) is 0 Å². The molecule has 2 heteroatoms.